The minimum Gasteiger partial charge on any atom is -0.367 e. The second-order valence-corrected chi connectivity index (χ2v) is 7.67. The molecule has 0 unspecified atom stereocenters. The van der Waals surface area contributed by atoms with Gasteiger partial charge in [-0.25, -0.2) is 0 Å². The number of carbonyl (C=O) groups excluding carboxylic acids is 1. The molecule has 1 amide bonds. The van der Waals surface area contributed by atoms with Crippen molar-refractivity contribution in [3.8, 4) is 11.1 Å². The zero-order chi connectivity index (χ0) is 21.8. The highest BCUT2D eigenvalue weighted by atomic mass is 32.1. The zero-order valence-electron chi connectivity index (χ0n) is 16.2. The minimum atomic E-state index is -4.38. The Hall–Kier alpha value is -3.39. The van der Waals surface area contributed by atoms with Gasteiger partial charge in [-0.3, -0.25) is 4.79 Å². The third-order valence-corrected chi connectivity index (χ3v) is 5.58. The summed E-state index contributed by atoms with van der Waals surface area (Å²) in [7, 11) is 0. The number of carbonyl (C=O) groups is 1. The van der Waals surface area contributed by atoms with Crippen LogP contribution < -0.4 is 10.6 Å². The Labute approximate surface area is 180 Å². The molecule has 4 nitrogen and oxygen atoms in total. The van der Waals surface area contributed by atoms with Crippen LogP contribution in [0.4, 0.5) is 19.0 Å². The summed E-state index contributed by atoms with van der Waals surface area (Å²) in [5, 5.41) is 7.11. The molecule has 0 aliphatic carbocycles. The number of halogens is 3. The van der Waals surface area contributed by atoms with Crippen LogP contribution in [0.2, 0.25) is 0 Å². The number of nitrogens with one attached hydrogen (secondary N) is 2. The smallest absolute Gasteiger partial charge is 0.367 e. The number of hydrogen-bond donors (Lipinski definition) is 2. The molecule has 2 N–H and O–H groups in total. The third kappa shape index (κ3) is 4.86. The topological polar surface area (TPSA) is 54.0 Å². The summed E-state index contributed by atoms with van der Waals surface area (Å²) in [6.07, 6.45) is -4.38. The van der Waals surface area contributed by atoms with Crippen LogP contribution in [-0.4, -0.2) is 23.4 Å². The SMILES string of the molecule is O=C(NCCNc1nsc2ccccc12)c1cccc(-c2ccc(C(F)(F)F)cc2)c1. The third-order valence-electron chi connectivity index (χ3n) is 4.75. The molecule has 1 heterocycles. The van der Waals surface area contributed by atoms with Gasteiger partial charge >= 0.3 is 6.18 Å². The summed E-state index contributed by atoms with van der Waals surface area (Å²) in [5.41, 5.74) is 1.02. The highest BCUT2D eigenvalue weighted by Crippen LogP contribution is 2.31. The number of nitrogens with zero attached hydrogens (tertiary/aromatic N) is 1. The molecule has 4 aromatic rings. The van der Waals surface area contributed by atoms with Crippen molar-refractivity contribution >= 4 is 33.3 Å². The molecule has 0 radical (unpaired) electrons. The lowest BCUT2D eigenvalue weighted by atomic mass is 10.0. The first kappa shape index (κ1) is 20.9. The highest BCUT2D eigenvalue weighted by Gasteiger charge is 2.29. The molecule has 0 bridgehead atoms. The Kier molecular flexibility index (Phi) is 5.90. The Morgan fingerprint density at radius 2 is 1.68 bits per heavy atom. The fraction of sp³-hybridized carbons (Fsp3) is 0.130. The van der Waals surface area contributed by atoms with Crippen LogP contribution >= 0.6 is 11.5 Å². The first-order valence-electron chi connectivity index (χ1n) is 9.56. The average molecular weight is 441 g/mol. The Morgan fingerprint density at radius 3 is 2.45 bits per heavy atom. The Morgan fingerprint density at radius 1 is 0.903 bits per heavy atom. The molecule has 158 valence electrons. The lowest BCUT2D eigenvalue weighted by molar-refractivity contribution is -0.137. The molecular formula is C23H18F3N3OS. The second-order valence-electron chi connectivity index (χ2n) is 6.87. The normalized spacial score (nSPS) is 11.5. The van der Waals surface area contributed by atoms with E-state index in [4.69, 9.17) is 0 Å². The number of hydrogen-bond acceptors (Lipinski definition) is 4. The number of fused-ring (bicyclic) bond motifs is 1. The van der Waals surface area contributed by atoms with Crippen molar-refractivity contribution in [1.82, 2.24) is 9.69 Å². The summed E-state index contributed by atoms with van der Waals surface area (Å²) in [6.45, 7) is 0.910. The van der Waals surface area contributed by atoms with Gasteiger partial charge in [-0.2, -0.15) is 17.5 Å². The van der Waals surface area contributed by atoms with Crippen LogP contribution in [0.15, 0.2) is 72.8 Å². The van der Waals surface area contributed by atoms with Gasteiger partial charge < -0.3 is 10.6 Å². The van der Waals surface area contributed by atoms with Crippen molar-refractivity contribution < 1.29 is 18.0 Å². The predicted molar refractivity (Wildman–Crippen MR) is 117 cm³/mol. The van der Waals surface area contributed by atoms with E-state index in [1.165, 1.54) is 23.7 Å². The molecule has 0 aliphatic heterocycles. The van der Waals surface area contributed by atoms with Crippen molar-refractivity contribution in [3.63, 3.8) is 0 Å². The van der Waals surface area contributed by atoms with E-state index >= 15 is 0 Å². The highest BCUT2D eigenvalue weighted by molar-refractivity contribution is 7.13. The molecule has 31 heavy (non-hydrogen) atoms. The molecule has 0 fully saturated rings. The van der Waals surface area contributed by atoms with Crippen molar-refractivity contribution in [3.05, 3.63) is 83.9 Å². The first-order valence-corrected chi connectivity index (χ1v) is 10.3. The lowest BCUT2D eigenvalue weighted by Gasteiger charge is -2.10. The fourth-order valence-electron chi connectivity index (χ4n) is 3.16. The monoisotopic (exact) mass is 441 g/mol. The Bertz CT molecular complexity index is 1200. The van der Waals surface area contributed by atoms with Gasteiger partial charge in [0.1, 0.15) is 5.82 Å². The van der Waals surface area contributed by atoms with E-state index in [1.807, 2.05) is 24.3 Å². The van der Waals surface area contributed by atoms with E-state index in [9.17, 15) is 18.0 Å². The second kappa shape index (κ2) is 8.77. The molecule has 0 spiro atoms. The average Bonchev–Trinajstić information content (AvgIpc) is 3.19. The molecule has 0 saturated heterocycles. The number of aromatic nitrogens is 1. The van der Waals surface area contributed by atoms with Gasteiger partial charge in [0.2, 0.25) is 0 Å². The summed E-state index contributed by atoms with van der Waals surface area (Å²) < 4.78 is 43.7. The van der Waals surface area contributed by atoms with Crippen LogP contribution in [0, 0.1) is 0 Å². The molecule has 0 atom stereocenters. The van der Waals surface area contributed by atoms with E-state index in [2.05, 4.69) is 15.0 Å². The molecule has 8 heteroatoms. The standard InChI is InChI=1S/C23H18F3N3OS/c24-23(25,26)18-10-8-15(9-11-18)16-4-3-5-17(14-16)22(30)28-13-12-27-21-19-6-1-2-7-20(19)31-29-21/h1-11,14H,12-13H2,(H,27,29)(H,28,30). The van der Waals surface area contributed by atoms with Gasteiger partial charge in [0.15, 0.2) is 0 Å². The number of anilines is 1. The van der Waals surface area contributed by atoms with E-state index in [1.54, 1.807) is 24.3 Å². The summed E-state index contributed by atoms with van der Waals surface area (Å²) >= 11 is 1.41. The van der Waals surface area contributed by atoms with Gasteiger partial charge in [0.25, 0.3) is 5.91 Å². The van der Waals surface area contributed by atoms with E-state index in [0.717, 1.165) is 28.0 Å². The van der Waals surface area contributed by atoms with Crippen LogP contribution in [-0.2, 0) is 6.18 Å². The molecular weight excluding hydrogens is 423 g/mol. The maximum atomic E-state index is 12.7. The molecule has 1 aromatic heterocycles. The van der Waals surface area contributed by atoms with Crippen molar-refractivity contribution in [2.24, 2.45) is 0 Å². The molecule has 4 rings (SSSR count). The van der Waals surface area contributed by atoms with Gasteiger partial charge in [-0.15, -0.1) is 0 Å². The van der Waals surface area contributed by atoms with Gasteiger partial charge in [-0.1, -0.05) is 36.4 Å². The van der Waals surface area contributed by atoms with Crippen LogP contribution in [0.1, 0.15) is 15.9 Å². The van der Waals surface area contributed by atoms with Crippen LogP contribution in [0.3, 0.4) is 0 Å². The van der Waals surface area contributed by atoms with Crippen molar-refractivity contribution in [2.45, 2.75) is 6.18 Å². The first-order chi connectivity index (χ1) is 14.9. The number of rotatable bonds is 6. The zero-order valence-corrected chi connectivity index (χ0v) is 17.1. The van der Waals surface area contributed by atoms with Crippen LogP contribution in [0.5, 0.6) is 0 Å². The quantitative estimate of drug-likeness (QED) is 0.371. The summed E-state index contributed by atoms with van der Waals surface area (Å²) in [5.74, 6) is 0.540. The summed E-state index contributed by atoms with van der Waals surface area (Å²) in [4.78, 5) is 12.5. The van der Waals surface area contributed by atoms with Gasteiger partial charge in [0, 0.05) is 24.0 Å². The molecule has 3 aromatic carbocycles. The lowest BCUT2D eigenvalue weighted by Crippen LogP contribution is -2.28. The maximum Gasteiger partial charge on any atom is 0.416 e. The maximum absolute atomic E-state index is 12.7. The van der Waals surface area contributed by atoms with Crippen molar-refractivity contribution in [1.29, 1.82) is 0 Å². The molecule has 0 saturated carbocycles. The summed E-state index contributed by atoms with van der Waals surface area (Å²) in [6, 6.07) is 19.6. The minimum absolute atomic E-state index is 0.251. The van der Waals surface area contributed by atoms with E-state index in [0.29, 0.717) is 29.8 Å². The van der Waals surface area contributed by atoms with Gasteiger partial charge in [0.05, 0.1) is 10.3 Å². The predicted octanol–water partition coefficient (Wildman–Crippen LogP) is 5.82. The Balaban J connectivity index is 1.36. The number of benzene rings is 3. The number of alkyl halides is 3. The van der Waals surface area contributed by atoms with Crippen molar-refractivity contribution in [2.75, 3.05) is 18.4 Å². The van der Waals surface area contributed by atoms with Gasteiger partial charge in [-0.05, 0) is 59.1 Å². The fourth-order valence-corrected chi connectivity index (χ4v) is 3.92. The number of amides is 1. The van der Waals surface area contributed by atoms with E-state index in [-0.39, 0.29) is 5.91 Å². The molecule has 0 aliphatic rings. The van der Waals surface area contributed by atoms with Crippen LogP contribution in [0.25, 0.3) is 21.2 Å². The largest absolute Gasteiger partial charge is 0.416 e. The van der Waals surface area contributed by atoms with E-state index < -0.39 is 11.7 Å².